The molecule has 4 nitrogen and oxygen atoms in total. The highest BCUT2D eigenvalue weighted by atomic mass is 16.5. The van der Waals surface area contributed by atoms with E-state index in [2.05, 4.69) is 222 Å². The first-order valence-corrected chi connectivity index (χ1v) is 20.7. The molecule has 8 aromatic carbocycles. The Labute approximate surface area is 348 Å². The van der Waals surface area contributed by atoms with Gasteiger partial charge in [0.05, 0.1) is 22.1 Å². The van der Waals surface area contributed by atoms with Crippen LogP contribution in [0.4, 0.5) is 0 Å². The number of benzene rings is 8. The molecule has 12 rings (SSSR count). The van der Waals surface area contributed by atoms with Crippen molar-refractivity contribution in [1.82, 2.24) is 14.1 Å². The molecule has 0 spiro atoms. The first-order valence-electron chi connectivity index (χ1n) is 20.7. The van der Waals surface area contributed by atoms with Crippen LogP contribution < -0.4 is 4.74 Å². The third-order valence-electron chi connectivity index (χ3n) is 12.6. The number of hydrogen-bond acceptors (Lipinski definition) is 2. The minimum atomic E-state index is -0.538. The second kappa shape index (κ2) is 13.4. The third kappa shape index (κ3) is 5.27. The number of aromatic nitrogens is 3. The summed E-state index contributed by atoms with van der Waals surface area (Å²) < 4.78 is 11.9. The lowest BCUT2D eigenvalue weighted by molar-refractivity contribution is 0.167. The van der Waals surface area contributed by atoms with E-state index in [1.807, 2.05) is 6.07 Å². The van der Waals surface area contributed by atoms with Gasteiger partial charge in [0.15, 0.2) is 6.10 Å². The minimum Gasteiger partial charge on any atom is -0.482 e. The van der Waals surface area contributed by atoms with Crippen LogP contribution in [0.1, 0.15) is 12.5 Å². The maximum Gasteiger partial charge on any atom is 0.151 e. The zero-order valence-corrected chi connectivity index (χ0v) is 33.0. The fourth-order valence-corrected chi connectivity index (χ4v) is 9.74. The molecule has 10 aromatic rings. The molecule has 0 saturated heterocycles. The molecule has 4 heteroatoms. The molecule has 1 aliphatic carbocycles. The molecule has 1 aliphatic heterocycles. The van der Waals surface area contributed by atoms with Crippen molar-refractivity contribution >= 4 is 38.4 Å². The van der Waals surface area contributed by atoms with E-state index < -0.39 is 5.54 Å². The lowest BCUT2D eigenvalue weighted by Gasteiger charge is -2.37. The molecule has 0 saturated carbocycles. The van der Waals surface area contributed by atoms with E-state index in [9.17, 15) is 0 Å². The summed E-state index contributed by atoms with van der Waals surface area (Å²) in [6, 6.07) is 69.4. The monoisotopic (exact) mass is 769 g/mol. The molecule has 0 bridgehead atoms. The normalized spacial score (nSPS) is 16.8. The summed E-state index contributed by atoms with van der Waals surface area (Å²) in [4.78, 5) is 5.12. The zero-order valence-electron chi connectivity index (χ0n) is 33.0. The van der Waals surface area contributed by atoms with Gasteiger partial charge in [-0.25, -0.2) is 4.98 Å². The van der Waals surface area contributed by atoms with Gasteiger partial charge in [0.2, 0.25) is 0 Å². The fraction of sp³-hybridized carbons (Fsp3) is 0.0536. The summed E-state index contributed by atoms with van der Waals surface area (Å²) in [7, 11) is 0. The quantitative estimate of drug-likeness (QED) is 0.169. The average molecular weight is 770 g/mol. The molecular formula is C56H39N3O. The van der Waals surface area contributed by atoms with E-state index in [4.69, 9.17) is 9.72 Å². The van der Waals surface area contributed by atoms with Crippen LogP contribution in [0.15, 0.2) is 212 Å². The molecule has 0 N–H and O–H groups in total. The van der Waals surface area contributed by atoms with Crippen molar-refractivity contribution in [2.24, 2.45) is 0 Å². The predicted molar refractivity (Wildman–Crippen MR) is 247 cm³/mol. The molecule has 0 fully saturated rings. The maximum atomic E-state index is 7.13. The van der Waals surface area contributed by atoms with Crippen molar-refractivity contribution < 1.29 is 4.74 Å². The number of nitrogens with zero attached hydrogens (tertiary/aromatic N) is 3. The minimum absolute atomic E-state index is 0.245. The van der Waals surface area contributed by atoms with E-state index in [0.29, 0.717) is 0 Å². The van der Waals surface area contributed by atoms with E-state index in [1.54, 1.807) is 0 Å². The predicted octanol–water partition coefficient (Wildman–Crippen LogP) is 13.9. The van der Waals surface area contributed by atoms with Crippen molar-refractivity contribution in [3.05, 3.63) is 218 Å². The van der Waals surface area contributed by atoms with Crippen molar-refractivity contribution in [1.29, 1.82) is 0 Å². The van der Waals surface area contributed by atoms with E-state index >= 15 is 0 Å². The Kier molecular flexibility index (Phi) is 7.69. The summed E-state index contributed by atoms with van der Waals surface area (Å²) in [6.07, 6.45) is 6.57. The van der Waals surface area contributed by atoms with Crippen LogP contribution in [0, 0.1) is 0 Å². The van der Waals surface area contributed by atoms with Crippen molar-refractivity contribution in [3.63, 3.8) is 0 Å². The molecule has 0 radical (unpaired) electrons. The van der Waals surface area contributed by atoms with Gasteiger partial charge >= 0.3 is 0 Å². The summed E-state index contributed by atoms with van der Waals surface area (Å²) in [5, 5.41) is 2.46. The Morgan fingerprint density at radius 3 is 1.77 bits per heavy atom. The Bertz CT molecular complexity index is 3240. The number of imidazole rings is 1. The van der Waals surface area contributed by atoms with Gasteiger partial charge in [0.25, 0.3) is 0 Å². The summed E-state index contributed by atoms with van der Waals surface area (Å²) in [5.41, 5.74) is 15.5. The summed E-state index contributed by atoms with van der Waals surface area (Å²) >= 11 is 0. The number of ether oxygens (including phenoxy) is 1. The van der Waals surface area contributed by atoms with Crippen molar-refractivity contribution in [3.8, 4) is 56.2 Å². The Morgan fingerprint density at radius 2 is 1.10 bits per heavy atom. The first kappa shape index (κ1) is 34.4. The number of para-hydroxylation sites is 3. The Balaban J connectivity index is 0.961. The van der Waals surface area contributed by atoms with E-state index in [1.165, 1.54) is 49.6 Å². The average Bonchev–Trinajstić information content (AvgIpc) is 4.01. The standard InChI is InChI=1S/C56H39N3O/c1-56(59-49-32-30-41(37-15-5-2-6-16-37)35-46(49)47-36-42(31-33-50(47)59)38-17-7-3-8-18-38)34-14-22-45-53-44(21-13-25-52(53)60-54(45)56)39-26-28-40(29-27-39)55-57-48-23-11-12-24-51(48)58(55)43-19-9-4-10-20-43/h2-36,54H,1H3. The van der Waals surface area contributed by atoms with Crippen molar-refractivity contribution in [2.45, 2.75) is 18.6 Å². The molecule has 0 amide bonds. The second-order valence-electron chi connectivity index (χ2n) is 16.1. The van der Waals surface area contributed by atoms with Crippen LogP contribution in [0.5, 0.6) is 5.75 Å². The smallest absolute Gasteiger partial charge is 0.151 e. The highest BCUT2D eigenvalue weighted by molar-refractivity contribution is 6.11. The topological polar surface area (TPSA) is 32.0 Å². The lowest BCUT2D eigenvalue weighted by atomic mass is 9.81. The number of rotatable bonds is 6. The second-order valence-corrected chi connectivity index (χ2v) is 16.1. The molecule has 2 unspecified atom stereocenters. The SMILES string of the molecule is CC1(n2c3ccc(-c4ccccc4)cc3c3cc(-c4ccccc4)ccc32)C=CC=C2c3c(cccc3-c3ccc(-c4nc5ccccc5n4-c4ccccc4)cc3)OC21. The van der Waals surface area contributed by atoms with Crippen LogP contribution in [-0.2, 0) is 5.54 Å². The van der Waals surface area contributed by atoms with Crippen LogP contribution in [0.2, 0.25) is 0 Å². The molecule has 2 aromatic heterocycles. The highest BCUT2D eigenvalue weighted by Crippen LogP contribution is 2.52. The summed E-state index contributed by atoms with van der Waals surface area (Å²) in [5.74, 6) is 1.83. The molecule has 60 heavy (non-hydrogen) atoms. The van der Waals surface area contributed by atoms with E-state index in [-0.39, 0.29) is 6.10 Å². The Morgan fingerprint density at radius 1 is 0.517 bits per heavy atom. The van der Waals surface area contributed by atoms with Crippen LogP contribution in [-0.4, -0.2) is 20.2 Å². The lowest BCUT2D eigenvalue weighted by Crippen LogP contribution is -2.44. The van der Waals surface area contributed by atoms with Crippen LogP contribution >= 0.6 is 0 Å². The maximum absolute atomic E-state index is 7.13. The van der Waals surface area contributed by atoms with Crippen LogP contribution in [0.25, 0.3) is 88.9 Å². The number of fused-ring (bicyclic) bond motifs is 7. The number of allylic oxidation sites excluding steroid dienone is 2. The summed E-state index contributed by atoms with van der Waals surface area (Å²) in [6.45, 7) is 2.33. The fourth-order valence-electron chi connectivity index (χ4n) is 9.74. The van der Waals surface area contributed by atoms with Gasteiger partial charge in [0, 0.05) is 33.2 Å². The van der Waals surface area contributed by atoms with E-state index in [0.717, 1.165) is 50.5 Å². The zero-order chi connectivity index (χ0) is 39.8. The highest BCUT2D eigenvalue weighted by Gasteiger charge is 2.46. The molecule has 2 aliphatic rings. The van der Waals surface area contributed by atoms with Gasteiger partial charge in [-0.2, -0.15) is 0 Å². The third-order valence-corrected chi connectivity index (χ3v) is 12.6. The van der Waals surface area contributed by atoms with Gasteiger partial charge in [-0.1, -0.05) is 158 Å². The molecule has 2 atom stereocenters. The molecular weight excluding hydrogens is 731 g/mol. The van der Waals surface area contributed by atoms with Crippen molar-refractivity contribution in [2.75, 3.05) is 0 Å². The molecule has 284 valence electrons. The largest absolute Gasteiger partial charge is 0.482 e. The number of hydrogen-bond donors (Lipinski definition) is 0. The Hall–Kier alpha value is -7.69. The van der Waals surface area contributed by atoms with Gasteiger partial charge in [-0.15, -0.1) is 0 Å². The van der Waals surface area contributed by atoms with Gasteiger partial charge in [-0.3, -0.25) is 4.57 Å². The van der Waals surface area contributed by atoms with Gasteiger partial charge < -0.3 is 9.30 Å². The van der Waals surface area contributed by atoms with Gasteiger partial charge in [-0.05, 0) is 94.9 Å². The van der Waals surface area contributed by atoms with Gasteiger partial charge in [0.1, 0.15) is 17.1 Å². The first-order chi connectivity index (χ1) is 29.6. The van der Waals surface area contributed by atoms with Crippen LogP contribution in [0.3, 0.4) is 0 Å². The molecule has 3 heterocycles.